The molecule has 4 nitrogen and oxygen atoms in total. The summed E-state index contributed by atoms with van der Waals surface area (Å²) in [6, 6.07) is 4.19. The van der Waals surface area contributed by atoms with Crippen LogP contribution in [0.15, 0.2) is 18.2 Å². The highest BCUT2D eigenvalue weighted by Gasteiger charge is 2.21. The van der Waals surface area contributed by atoms with Gasteiger partial charge in [-0.05, 0) is 30.0 Å². The van der Waals surface area contributed by atoms with Crippen LogP contribution in [-0.4, -0.2) is 47.0 Å². The number of anilines is 1. The molecule has 7 heteroatoms. The number of aromatic nitrogens is 2. The van der Waals surface area contributed by atoms with Crippen molar-refractivity contribution in [1.29, 1.82) is 0 Å². The first-order chi connectivity index (χ1) is 13.7. The topological polar surface area (TPSA) is 32.3 Å². The van der Waals surface area contributed by atoms with Crippen molar-refractivity contribution in [1.82, 2.24) is 14.3 Å². The zero-order valence-corrected chi connectivity index (χ0v) is 17.1. The first-order valence-corrected chi connectivity index (χ1v) is 11.2. The lowest BCUT2D eigenvalue weighted by atomic mass is 9.87. The van der Waals surface area contributed by atoms with E-state index >= 15 is 0 Å². The van der Waals surface area contributed by atoms with Crippen molar-refractivity contribution in [3.63, 3.8) is 0 Å². The van der Waals surface area contributed by atoms with E-state index in [2.05, 4.69) is 14.2 Å². The van der Waals surface area contributed by atoms with Crippen LogP contribution in [0, 0.1) is 17.6 Å². The molecule has 1 aromatic heterocycles. The lowest BCUT2D eigenvalue weighted by Gasteiger charge is -2.34. The molecule has 0 atom stereocenters. The average molecular weight is 407 g/mol. The van der Waals surface area contributed by atoms with Crippen LogP contribution in [0.3, 0.4) is 0 Å². The van der Waals surface area contributed by atoms with Crippen LogP contribution >= 0.6 is 11.5 Å². The maximum atomic E-state index is 13.3. The molecule has 28 heavy (non-hydrogen) atoms. The lowest BCUT2D eigenvalue weighted by Crippen LogP contribution is -2.47. The molecule has 1 aromatic carbocycles. The van der Waals surface area contributed by atoms with E-state index in [1.54, 1.807) is 6.07 Å². The normalized spacial score (nSPS) is 19.3. The van der Waals surface area contributed by atoms with Crippen LogP contribution in [0.4, 0.5) is 13.9 Å². The third kappa shape index (κ3) is 5.06. The first kappa shape index (κ1) is 19.7. The zero-order chi connectivity index (χ0) is 19.3. The van der Waals surface area contributed by atoms with Crippen LogP contribution in [-0.2, 0) is 12.8 Å². The van der Waals surface area contributed by atoms with Gasteiger partial charge in [0.2, 0.25) is 5.13 Å². The summed E-state index contributed by atoms with van der Waals surface area (Å²) in [6.45, 7) is 4.66. The first-order valence-electron chi connectivity index (χ1n) is 10.4. The minimum atomic E-state index is -0.780. The molecule has 0 radical (unpaired) electrons. The summed E-state index contributed by atoms with van der Waals surface area (Å²) in [5.74, 6) is 0.247. The average Bonchev–Trinajstić information content (AvgIpc) is 3.18. The molecule has 1 saturated heterocycles. The van der Waals surface area contributed by atoms with Crippen LogP contribution in [0.25, 0.3) is 0 Å². The minimum absolute atomic E-state index is 0.738. The Bertz CT molecular complexity index is 768. The predicted molar refractivity (Wildman–Crippen MR) is 109 cm³/mol. The Morgan fingerprint density at radius 3 is 2.54 bits per heavy atom. The van der Waals surface area contributed by atoms with Gasteiger partial charge >= 0.3 is 0 Å². The number of rotatable bonds is 6. The Morgan fingerprint density at radius 2 is 1.79 bits per heavy atom. The molecule has 1 saturated carbocycles. The molecule has 0 bridgehead atoms. The van der Waals surface area contributed by atoms with Crippen LogP contribution in [0.5, 0.6) is 0 Å². The Balaban J connectivity index is 1.23. The number of halogens is 2. The smallest absolute Gasteiger partial charge is 0.205 e. The lowest BCUT2D eigenvalue weighted by molar-refractivity contribution is 0.260. The molecule has 4 rings (SSSR count). The highest BCUT2D eigenvalue weighted by molar-refractivity contribution is 7.09. The molecule has 0 unspecified atom stereocenters. The number of benzene rings is 1. The highest BCUT2D eigenvalue weighted by Crippen LogP contribution is 2.28. The van der Waals surface area contributed by atoms with Crippen molar-refractivity contribution in [2.75, 3.05) is 37.6 Å². The van der Waals surface area contributed by atoms with Gasteiger partial charge in [-0.25, -0.2) is 13.8 Å². The van der Waals surface area contributed by atoms with Gasteiger partial charge < -0.3 is 4.90 Å². The Hall–Kier alpha value is -1.60. The van der Waals surface area contributed by atoms with Gasteiger partial charge in [-0.1, -0.05) is 38.2 Å². The SMILES string of the molecule is Fc1ccc(CCN2CCN(c3nc(CC4CCCCC4)ns3)CC2)cc1F. The fourth-order valence-corrected chi connectivity index (χ4v) is 5.00. The summed E-state index contributed by atoms with van der Waals surface area (Å²) in [7, 11) is 0. The second-order valence-corrected chi connectivity index (χ2v) is 8.76. The number of hydrogen-bond acceptors (Lipinski definition) is 5. The molecule has 2 aromatic rings. The van der Waals surface area contributed by atoms with E-state index in [0.717, 1.165) is 68.0 Å². The molecule has 2 aliphatic rings. The van der Waals surface area contributed by atoms with Crippen LogP contribution in [0.2, 0.25) is 0 Å². The summed E-state index contributed by atoms with van der Waals surface area (Å²) in [5.41, 5.74) is 0.845. The quantitative estimate of drug-likeness (QED) is 0.716. The number of piperazine rings is 1. The highest BCUT2D eigenvalue weighted by atomic mass is 32.1. The zero-order valence-electron chi connectivity index (χ0n) is 16.2. The monoisotopic (exact) mass is 406 g/mol. The maximum Gasteiger partial charge on any atom is 0.205 e. The van der Waals surface area contributed by atoms with Crippen molar-refractivity contribution in [2.24, 2.45) is 5.92 Å². The summed E-state index contributed by atoms with van der Waals surface area (Å²) in [6.07, 6.45) is 8.51. The van der Waals surface area contributed by atoms with Crippen LogP contribution < -0.4 is 4.90 Å². The van der Waals surface area contributed by atoms with E-state index < -0.39 is 11.6 Å². The van der Waals surface area contributed by atoms with Crippen molar-refractivity contribution in [3.05, 3.63) is 41.2 Å². The molecular formula is C21H28F2N4S. The van der Waals surface area contributed by atoms with Crippen molar-refractivity contribution in [2.45, 2.75) is 44.9 Å². The molecular weight excluding hydrogens is 378 g/mol. The molecule has 0 N–H and O–H groups in total. The van der Waals surface area contributed by atoms with Gasteiger partial charge in [0.05, 0.1) is 0 Å². The fourth-order valence-electron chi connectivity index (χ4n) is 4.25. The molecule has 1 aliphatic heterocycles. The van der Waals surface area contributed by atoms with Crippen LogP contribution in [0.1, 0.15) is 43.5 Å². The summed E-state index contributed by atoms with van der Waals surface area (Å²) >= 11 is 1.53. The summed E-state index contributed by atoms with van der Waals surface area (Å²) < 4.78 is 31.0. The van der Waals surface area contributed by atoms with Gasteiger partial charge in [-0.15, -0.1) is 0 Å². The second-order valence-electron chi connectivity index (χ2n) is 8.03. The van der Waals surface area contributed by atoms with Crippen molar-refractivity contribution >= 4 is 16.7 Å². The summed E-state index contributed by atoms with van der Waals surface area (Å²) in [4.78, 5) is 9.51. The molecule has 2 heterocycles. The fraction of sp³-hybridized carbons (Fsp3) is 0.619. The third-order valence-electron chi connectivity index (χ3n) is 6.00. The molecule has 2 fully saturated rings. The molecule has 1 aliphatic carbocycles. The van der Waals surface area contributed by atoms with E-state index in [-0.39, 0.29) is 0 Å². The van der Waals surface area contributed by atoms with Gasteiger partial charge in [0.25, 0.3) is 0 Å². The van der Waals surface area contributed by atoms with Crippen molar-refractivity contribution < 1.29 is 8.78 Å². The molecule has 0 amide bonds. The van der Waals surface area contributed by atoms with Crippen molar-refractivity contribution in [3.8, 4) is 0 Å². The van der Waals surface area contributed by atoms with Gasteiger partial charge in [-0.2, -0.15) is 4.37 Å². The van der Waals surface area contributed by atoms with Gasteiger partial charge in [-0.3, -0.25) is 4.90 Å². The standard InChI is InChI=1S/C21H28F2N4S/c22-18-7-6-17(14-19(18)23)8-9-26-10-12-27(13-11-26)21-24-20(25-28-21)15-16-4-2-1-3-5-16/h6-7,14,16H,1-5,8-13,15H2. The largest absolute Gasteiger partial charge is 0.344 e. The minimum Gasteiger partial charge on any atom is -0.344 e. The predicted octanol–water partition coefficient (Wildman–Crippen LogP) is 4.30. The van der Waals surface area contributed by atoms with Gasteiger partial charge in [0.1, 0.15) is 5.82 Å². The van der Waals surface area contributed by atoms with E-state index in [9.17, 15) is 8.78 Å². The molecule has 0 spiro atoms. The maximum absolute atomic E-state index is 13.3. The van der Waals surface area contributed by atoms with Gasteiger partial charge in [0, 0.05) is 50.7 Å². The number of nitrogens with zero attached hydrogens (tertiary/aromatic N) is 4. The second kappa shape index (κ2) is 9.27. The van der Waals surface area contributed by atoms with Gasteiger partial charge in [0.15, 0.2) is 11.6 Å². The Kier molecular flexibility index (Phi) is 6.52. The molecule has 152 valence electrons. The van der Waals surface area contributed by atoms with E-state index in [0.29, 0.717) is 0 Å². The van der Waals surface area contributed by atoms with E-state index in [1.165, 1.54) is 55.8 Å². The third-order valence-corrected chi connectivity index (χ3v) is 6.81. The van der Waals surface area contributed by atoms with E-state index in [4.69, 9.17) is 4.98 Å². The van der Waals surface area contributed by atoms with E-state index in [1.807, 2.05) is 0 Å². The Labute approximate surface area is 169 Å². The summed E-state index contributed by atoms with van der Waals surface area (Å²) in [5, 5.41) is 1.05. The Morgan fingerprint density at radius 1 is 1.00 bits per heavy atom. The number of hydrogen-bond donors (Lipinski definition) is 0.